The van der Waals surface area contributed by atoms with Crippen LogP contribution in [0.3, 0.4) is 0 Å². The summed E-state index contributed by atoms with van der Waals surface area (Å²) in [5, 5.41) is 0. The van der Waals surface area contributed by atoms with Crippen molar-refractivity contribution in [3.8, 4) is 0 Å². The Kier molecular flexibility index (Phi) is 6.19. The van der Waals surface area contributed by atoms with Crippen LogP contribution in [0.25, 0.3) is 0 Å². The zero-order valence-electron chi connectivity index (χ0n) is 13.4. The molecule has 0 aromatic heterocycles. The lowest BCUT2D eigenvalue weighted by atomic mass is 10.2. The molecular formula is C17H25FN2O2. The Morgan fingerprint density at radius 1 is 1.18 bits per heavy atom. The van der Waals surface area contributed by atoms with Crippen molar-refractivity contribution in [3.63, 3.8) is 0 Å². The summed E-state index contributed by atoms with van der Waals surface area (Å²) < 4.78 is 18.2. The minimum Gasteiger partial charge on any atom is -0.449 e. The fourth-order valence-electron chi connectivity index (χ4n) is 2.49. The van der Waals surface area contributed by atoms with Gasteiger partial charge in [0.05, 0.1) is 6.61 Å². The summed E-state index contributed by atoms with van der Waals surface area (Å²) in [5.41, 5.74) is 1.09. The molecule has 0 N–H and O–H groups in total. The van der Waals surface area contributed by atoms with E-state index in [1.807, 2.05) is 26.0 Å². The number of amides is 1. The highest BCUT2D eigenvalue weighted by Crippen LogP contribution is 2.11. The maximum Gasteiger partial charge on any atom is 0.409 e. The number of rotatable bonds is 4. The number of carbonyl (C=O) groups is 1. The molecule has 0 bridgehead atoms. The van der Waals surface area contributed by atoms with Crippen LogP contribution >= 0.6 is 0 Å². The molecule has 0 saturated carbocycles. The largest absolute Gasteiger partial charge is 0.449 e. The molecule has 1 aromatic carbocycles. The van der Waals surface area contributed by atoms with Gasteiger partial charge in [-0.2, -0.15) is 0 Å². The SMILES string of the molecule is CC(C)COC(=O)N1CCCN(Cc2ccc(F)cc2)CC1. The van der Waals surface area contributed by atoms with Crippen LogP contribution in [0.5, 0.6) is 0 Å². The van der Waals surface area contributed by atoms with Crippen LogP contribution in [-0.4, -0.2) is 48.7 Å². The molecule has 1 heterocycles. The van der Waals surface area contributed by atoms with E-state index < -0.39 is 0 Å². The first-order valence-electron chi connectivity index (χ1n) is 7.93. The Balaban J connectivity index is 1.81. The summed E-state index contributed by atoms with van der Waals surface area (Å²) in [4.78, 5) is 16.1. The number of ether oxygens (including phenoxy) is 1. The van der Waals surface area contributed by atoms with Crippen molar-refractivity contribution in [1.29, 1.82) is 0 Å². The van der Waals surface area contributed by atoms with Crippen LogP contribution in [-0.2, 0) is 11.3 Å². The van der Waals surface area contributed by atoms with Gasteiger partial charge in [0, 0.05) is 32.7 Å². The molecule has 22 heavy (non-hydrogen) atoms. The quantitative estimate of drug-likeness (QED) is 0.857. The summed E-state index contributed by atoms with van der Waals surface area (Å²) >= 11 is 0. The maximum absolute atomic E-state index is 12.9. The zero-order chi connectivity index (χ0) is 15.9. The molecule has 0 atom stereocenters. The highest BCUT2D eigenvalue weighted by molar-refractivity contribution is 5.67. The minimum atomic E-state index is -0.211. The average Bonchev–Trinajstić information content (AvgIpc) is 2.73. The molecule has 1 amide bonds. The number of carbonyl (C=O) groups excluding carboxylic acids is 1. The van der Waals surface area contributed by atoms with Crippen LogP contribution in [0.2, 0.25) is 0 Å². The van der Waals surface area contributed by atoms with E-state index in [9.17, 15) is 9.18 Å². The van der Waals surface area contributed by atoms with Gasteiger partial charge in [-0.3, -0.25) is 4.90 Å². The first kappa shape index (κ1) is 16.7. The molecule has 2 rings (SSSR count). The number of hydrogen-bond acceptors (Lipinski definition) is 3. The predicted molar refractivity (Wildman–Crippen MR) is 84.1 cm³/mol. The highest BCUT2D eigenvalue weighted by Gasteiger charge is 2.20. The van der Waals surface area contributed by atoms with Gasteiger partial charge in [-0.25, -0.2) is 9.18 Å². The van der Waals surface area contributed by atoms with Crippen molar-refractivity contribution < 1.29 is 13.9 Å². The van der Waals surface area contributed by atoms with Gasteiger partial charge in [-0.05, 0) is 30.0 Å². The first-order valence-corrected chi connectivity index (χ1v) is 7.93. The third-order valence-electron chi connectivity index (χ3n) is 3.71. The van der Waals surface area contributed by atoms with Gasteiger partial charge in [0.15, 0.2) is 0 Å². The van der Waals surface area contributed by atoms with Crippen LogP contribution in [0.1, 0.15) is 25.8 Å². The molecule has 0 spiro atoms. The molecule has 0 radical (unpaired) electrons. The molecule has 1 fully saturated rings. The van der Waals surface area contributed by atoms with Crippen molar-refractivity contribution in [3.05, 3.63) is 35.6 Å². The monoisotopic (exact) mass is 308 g/mol. The lowest BCUT2D eigenvalue weighted by Crippen LogP contribution is -2.36. The molecular weight excluding hydrogens is 283 g/mol. The fraction of sp³-hybridized carbons (Fsp3) is 0.588. The van der Waals surface area contributed by atoms with Gasteiger partial charge in [0.2, 0.25) is 0 Å². The van der Waals surface area contributed by atoms with E-state index in [1.165, 1.54) is 12.1 Å². The van der Waals surface area contributed by atoms with E-state index in [0.717, 1.165) is 38.2 Å². The predicted octanol–water partition coefficient (Wildman–Crippen LogP) is 3.13. The van der Waals surface area contributed by atoms with E-state index in [0.29, 0.717) is 19.1 Å². The van der Waals surface area contributed by atoms with Crippen molar-refractivity contribution in [2.24, 2.45) is 5.92 Å². The second-order valence-electron chi connectivity index (χ2n) is 6.21. The van der Waals surface area contributed by atoms with Crippen molar-refractivity contribution >= 4 is 6.09 Å². The summed E-state index contributed by atoms with van der Waals surface area (Å²) in [6.45, 7) is 8.47. The average molecular weight is 308 g/mol. The molecule has 1 saturated heterocycles. The van der Waals surface area contributed by atoms with E-state index >= 15 is 0 Å². The Morgan fingerprint density at radius 3 is 2.59 bits per heavy atom. The van der Waals surface area contributed by atoms with Crippen molar-refractivity contribution in [1.82, 2.24) is 9.80 Å². The van der Waals surface area contributed by atoms with Crippen LogP contribution in [0.4, 0.5) is 9.18 Å². The standard InChI is InChI=1S/C17H25FN2O2/c1-14(2)13-22-17(21)20-9-3-8-19(10-11-20)12-15-4-6-16(18)7-5-15/h4-7,14H,3,8-13H2,1-2H3. The normalized spacial score (nSPS) is 16.6. The fourth-order valence-corrected chi connectivity index (χ4v) is 2.49. The lowest BCUT2D eigenvalue weighted by Gasteiger charge is -2.22. The van der Waals surface area contributed by atoms with Gasteiger partial charge in [-0.15, -0.1) is 0 Å². The molecule has 122 valence electrons. The first-order chi connectivity index (χ1) is 10.5. The zero-order valence-corrected chi connectivity index (χ0v) is 13.4. The maximum atomic E-state index is 12.9. The Labute approximate surface area is 131 Å². The van der Waals surface area contributed by atoms with Crippen molar-refractivity contribution in [2.45, 2.75) is 26.8 Å². The third-order valence-corrected chi connectivity index (χ3v) is 3.71. The molecule has 1 aliphatic heterocycles. The van der Waals surface area contributed by atoms with E-state index in [4.69, 9.17) is 4.74 Å². The molecule has 0 unspecified atom stereocenters. The third kappa shape index (κ3) is 5.30. The van der Waals surface area contributed by atoms with Crippen LogP contribution < -0.4 is 0 Å². The van der Waals surface area contributed by atoms with Crippen LogP contribution in [0.15, 0.2) is 24.3 Å². The minimum absolute atomic E-state index is 0.210. The van der Waals surface area contributed by atoms with Gasteiger partial charge >= 0.3 is 6.09 Å². The van der Waals surface area contributed by atoms with Gasteiger partial charge in [-0.1, -0.05) is 26.0 Å². The smallest absolute Gasteiger partial charge is 0.409 e. The number of nitrogens with zero attached hydrogens (tertiary/aromatic N) is 2. The summed E-state index contributed by atoms with van der Waals surface area (Å²) in [7, 11) is 0. The topological polar surface area (TPSA) is 32.8 Å². The number of benzene rings is 1. The second kappa shape index (κ2) is 8.13. The Morgan fingerprint density at radius 2 is 1.91 bits per heavy atom. The number of hydrogen-bond donors (Lipinski definition) is 0. The molecule has 0 aliphatic carbocycles. The molecule has 1 aromatic rings. The van der Waals surface area contributed by atoms with Gasteiger partial charge in [0.25, 0.3) is 0 Å². The summed E-state index contributed by atoms with van der Waals surface area (Å²) in [6, 6.07) is 6.61. The Bertz CT molecular complexity index is 476. The van der Waals surface area contributed by atoms with E-state index in [-0.39, 0.29) is 11.9 Å². The Hall–Kier alpha value is -1.62. The molecule has 5 heteroatoms. The van der Waals surface area contributed by atoms with Gasteiger partial charge < -0.3 is 9.64 Å². The van der Waals surface area contributed by atoms with E-state index in [2.05, 4.69) is 4.90 Å². The molecule has 1 aliphatic rings. The lowest BCUT2D eigenvalue weighted by molar-refractivity contribution is 0.0930. The van der Waals surface area contributed by atoms with Gasteiger partial charge in [0.1, 0.15) is 5.82 Å². The van der Waals surface area contributed by atoms with E-state index in [1.54, 1.807) is 4.90 Å². The number of halogens is 1. The second-order valence-corrected chi connectivity index (χ2v) is 6.21. The van der Waals surface area contributed by atoms with Crippen molar-refractivity contribution in [2.75, 3.05) is 32.8 Å². The van der Waals surface area contributed by atoms with Crippen LogP contribution in [0, 0.1) is 11.7 Å². The summed E-state index contributed by atoms with van der Waals surface area (Å²) in [6.07, 6.45) is 0.718. The summed E-state index contributed by atoms with van der Waals surface area (Å²) in [5.74, 6) is 0.143. The molecule has 4 nitrogen and oxygen atoms in total. The highest BCUT2D eigenvalue weighted by atomic mass is 19.1.